The Balaban J connectivity index is 0.00000147. The van der Waals surface area contributed by atoms with Crippen molar-refractivity contribution in [2.24, 2.45) is 5.73 Å². The van der Waals surface area contributed by atoms with Crippen LogP contribution in [-0.2, 0) is 17.6 Å². The van der Waals surface area contributed by atoms with Crippen LogP contribution in [0.5, 0.6) is 0 Å². The lowest BCUT2D eigenvalue weighted by molar-refractivity contribution is -0.119. The molecule has 3 nitrogen and oxygen atoms in total. The number of aromatic nitrogens is 1. The summed E-state index contributed by atoms with van der Waals surface area (Å²) in [7, 11) is 0. The van der Waals surface area contributed by atoms with E-state index in [0.717, 1.165) is 29.5 Å². The second kappa shape index (κ2) is 6.16. The van der Waals surface area contributed by atoms with Gasteiger partial charge in [0.25, 0.3) is 0 Å². The molecule has 0 amide bonds. The average Bonchev–Trinajstić information content (AvgIpc) is 2.60. The van der Waals surface area contributed by atoms with Crippen molar-refractivity contribution >= 4 is 18.2 Å². The Bertz CT molecular complexity index is 613. The molecule has 1 aliphatic rings. The second-order valence-corrected chi connectivity index (χ2v) is 4.97. The van der Waals surface area contributed by atoms with Crippen molar-refractivity contribution in [2.45, 2.75) is 25.3 Å². The minimum Gasteiger partial charge on any atom is -0.321 e. The summed E-state index contributed by atoms with van der Waals surface area (Å²) in [4.78, 5) is 16.1. The zero-order valence-electron chi connectivity index (χ0n) is 11.1. The maximum atomic E-state index is 12.0. The van der Waals surface area contributed by atoms with Gasteiger partial charge in [0.1, 0.15) is 0 Å². The first-order valence-corrected chi connectivity index (χ1v) is 6.55. The smallest absolute Gasteiger partial charge is 0.153 e. The fraction of sp³-hybridized carbons (Fsp3) is 0.250. The highest BCUT2D eigenvalue weighted by atomic mass is 35.5. The van der Waals surface area contributed by atoms with Crippen LogP contribution in [-0.4, -0.2) is 16.8 Å². The van der Waals surface area contributed by atoms with E-state index in [4.69, 9.17) is 5.73 Å². The molecule has 1 aromatic heterocycles. The number of benzene rings is 1. The van der Waals surface area contributed by atoms with E-state index < -0.39 is 0 Å². The lowest BCUT2D eigenvalue weighted by Gasteiger charge is -2.11. The van der Waals surface area contributed by atoms with Crippen LogP contribution in [0.15, 0.2) is 42.7 Å². The number of carbonyl (C=O) groups is 1. The summed E-state index contributed by atoms with van der Waals surface area (Å²) in [5.41, 5.74) is 10.5. The van der Waals surface area contributed by atoms with Crippen molar-refractivity contribution < 1.29 is 4.79 Å². The van der Waals surface area contributed by atoms with Gasteiger partial charge in [-0.2, -0.15) is 0 Å². The number of fused-ring (bicyclic) bond motifs is 1. The molecule has 0 saturated carbocycles. The summed E-state index contributed by atoms with van der Waals surface area (Å²) in [6.45, 7) is 0. The van der Waals surface area contributed by atoms with Crippen molar-refractivity contribution in [1.82, 2.24) is 4.98 Å². The van der Waals surface area contributed by atoms with Crippen molar-refractivity contribution in [3.05, 3.63) is 53.9 Å². The first-order chi connectivity index (χ1) is 9.25. The minimum atomic E-state index is -0.322. The third kappa shape index (κ3) is 2.74. The number of rotatable bonds is 1. The Labute approximate surface area is 124 Å². The molecule has 2 N–H and O–H groups in total. The third-order valence-electron chi connectivity index (χ3n) is 3.75. The van der Waals surface area contributed by atoms with Crippen molar-refractivity contribution in [2.75, 3.05) is 0 Å². The lowest BCUT2D eigenvalue weighted by atomic mass is 9.93. The summed E-state index contributed by atoms with van der Waals surface area (Å²) >= 11 is 0. The number of nitrogens with zero attached hydrogens (tertiary/aromatic N) is 1. The number of pyridine rings is 1. The van der Waals surface area contributed by atoms with Crippen LogP contribution in [0.2, 0.25) is 0 Å². The molecule has 0 spiro atoms. The van der Waals surface area contributed by atoms with E-state index in [1.165, 1.54) is 5.56 Å². The molecular formula is C16H17ClN2O. The normalized spacial score (nSPS) is 17.9. The zero-order chi connectivity index (χ0) is 13.2. The molecule has 1 aromatic carbocycles. The summed E-state index contributed by atoms with van der Waals surface area (Å²) in [6, 6.07) is 9.85. The van der Waals surface area contributed by atoms with Gasteiger partial charge in [0.15, 0.2) is 5.78 Å². The Morgan fingerprint density at radius 3 is 2.65 bits per heavy atom. The van der Waals surface area contributed by atoms with E-state index in [1.807, 2.05) is 12.1 Å². The molecule has 0 radical (unpaired) electrons. The van der Waals surface area contributed by atoms with Gasteiger partial charge in [-0.1, -0.05) is 18.2 Å². The molecule has 1 unspecified atom stereocenters. The molecule has 4 heteroatoms. The Morgan fingerprint density at radius 1 is 1.15 bits per heavy atom. The van der Waals surface area contributed by atoms with Crippen LogP contribution in [0, 0.1) is 0 Å². The molecule has 0 saturated heterocycles. The monoisotopic (exact) mass is 288 g/mol. The van der Waals surface area contributed by atoms with Crippen LogP contribution in [0.25, 0.3) is 11.1 Å². The first kappa shape index (κ1) is 14.7. The van der Waals surface area contributed by atoms with E-state index in [0.29, 0.717) is 6.42 Å². The van der Waals surface area contributed by atoms with Gasteiger partial charge in [-0.05, 0) is 47.2 Å². The third-order valence-corrected chi connectivity index (χ3v) is 3.75. The Morgan fingerprint density at radius 2 is 1.90 bits per heavy atom. The standard InChI is InChI=1S/C16H16N2O.ClH/c17-15-5-4-11-2-1-3-13(14(11)10-16(15)19)12-6-8-18-9-7-12;/h1-3,6-9,15H,4-5,10,17H2;1H. The quantitative estimate of drug-likeness (QED) is 0.821. The topological polar surface area (TPSA) is 56.0 Å². The van der Waals surface area contributed by atoms with Gasteiger partial charge in [-0.15, -0.1) is 12.4 Å². The second-order valence-electron chi connectivity index (χ2n) is 4.97. The van der Waals surface area contributed by atoms with Gasteiger partial charge in [-0.25, -0.2) is 0 Å². The SMILES string of the molecule is Cl.NC1CCc2cccc(-c3ccncc3)c2CC1=O. The fourth-order valence-corrected chi connectivity index (χ4v) is 2.66. The van der Waals surface area contributed by atoms with Crippen LogP contribution in [0.1, 0.15) is 17.5 Å². The van der Waals surface area contributed by atoms with Gasteiger partial charge in [0, 0.05) is 18.8 Å². The average molecular weight is 289 g/mol. The molecule has 0 aliphatic heterocycles. The zero-order valence-corrected chi connectivity index (χ0v) is 11.9. The molecule has 1 aliphatic carbocycles. The number of nitrogens with two attached hydrogens (primary N) is 1. The van der Waals surface area contributed by atoms with Crippen molar-refractivity contribution in [3.63, 3.8) is 0 Å². The Kier molecular flexibility index (Phi) is 4.53. The van der Waals surface area contributed by atoms with E-state index in [1.54, 1.807) is 12.4 Å². The van der Waals surface area contributed by atoms with Crippen molar-refractivity contribution in [1.29, 1.82) is 0 Å². The highest BCUT2D eigenvalue weighted by Crippen LogP contribution is 2.29. The Hall–Kier alpha value is -1.71. The van der Waals surface area contributed by atoms with Gasteiger partial charge in [-0.3, -0.25) is 9.78 Å². The summed E-state index contributed by atoms with van der Waals surface area (Å²) < 4.78 is 0. The number of Topliss-reactive ketones (excluding diaryl/α,β-unsaturated/α-hetero) is 1. The lowest BCUT2D eigenvalue weighted by Crippen LogP contribution is -2.30. The van der Waals surface area contributed by atoms with E-state index in [9.17, 15) is 4.79 Å². The van der Waals surface area contributed by atoms with E-state index in [-0.39, 0.29) is 24.2 Å². The predicted octanol–water partition coefficient (Wildman–Crippen LogP) is 2.56. The fourth-order valence-electron chi connectivity index (χ4n) is 2.66. The molecule has 1 heterocycles. The maximum absolute atomic E-state index is 12.0. The summed E-state index contributed by atoms with van der Waals surface area (Å²) in [5, 5.41) is 0. The number of carbonyl (C=O) groups excluding carboxylic acids is 1. The number of aryl methyl sites for hydroxylation is 1. The molecule has 0 bridgehead atoms. The number of ketones is 1. The summed E-state index contributed by atoms with van der Waals surface area (Å²) in [5.74, 6) is 0.139. The summed E-state index contributed by atoms with van der Waals surface area (Å²) in [6.07, 6.45) is 5.61. The highest BCUT2D eigenvalue weighted by molar-refractivity contribution is 5.89. The molecule has 2 aromatic rings. The molecule has 1 atom stereocenters. The van der Waals surface area contributed by atoms with Crippen LogP contribution in [0.3, 0.4) is 0 Å². The minimum absolute atomic E-state index is 0. The van der Waals surface area contributed by atoms with Crippen LogP contribution < -0.4 is 5.73 Å². The van der Waals surface area contributed by atoms with Crippen LogP contribution in [0.4, 0.5) is 0 Å². The van der Waals surface area contributed by atoms with Gasteiger partial charge < -0.3 is 5.73 Å². The molecular weight excluding hydrogens is 272 g/mol. The van der Waals surface area contributed by atoms with E-state index >= 15 is 0 Å². The van der Waals surface area contributed by atoms with Crippen LogP contribution >= 0.6 is 12.4 Å². The molecule has 20 heavy (non-hydrogen) atoms. The van der Waals surface area contributed by atoms with Gasteiger partial charge >= 0.3 is 0 Å². The van der Waals surface area contributed by atoms with Crippen molar-refractivity contribution in [3.8, 4) is 11.1 Å². The van der Waals surface area contributed by atoms with E-state index in [2.05, 4.69) is 23.2 Å². The molecule has 3 rings (SSSR count). The predicted molar refractivity (Wildman–Crippen MR) is 81.9 cm³/mol. The highest BCUT2D eigenvalue weighted by Gasteiger charge is 2.22. The van der Waals surface area contributed by atoms with Gasteiger partial charge in [0.05, 0.1) is 6.04 Å². The van der Waals surface area contributed by atoms with Gasteiger partial charge in [0.2, 0.25) is 0 Å². The number of halogens is 1. The molecule has 0 fully saturated rings. The molecule has 104 valence electrons. The number of hydrogen-bond acceptors (Lipinski definition) is 3. The largest absolute Gasteiger partial charge is 0.321 e. The maximum Gasteiger partial charge on any atom is 0.153 e. The number of hydrogen-bond donors (Lipinski definition) is 1. The first-order valence-electron chi connectivity index (χ1n) is 6.55.